The zero-order chi connectivity index (χ0) is 17.1. The van der Waals surface area contributed by atoms with Gasteiger partial charge in [0.25, 0.3) is 5.91 Å². The van der Waals surface area contributed by atoms with Crippen LogP contribution in [0.5, 0.6) is 5.75 Å². The molecule has 0 aromatic heterocycles. The van der Waals surface area contributed by atoms with Crippen molar-refractivity contribution in [1.82, 2.24) is 15.5 Å². The lowest BCUT2D eigenvalue weighted by Gasteiger charge is -2.23. The van der Waals surface area contributed by atoms with Crippen LogP contribution < -0.4 is 15.4 Å². The maximum Gasteiger partial charge on any atom is 0.257 e. The van der Waals surface area contributed by atoms with Gasteiger partial charge in [-0.3, -0.25) is 9.69 Å². The standard InChI is InChI=1S/C20H29N3O2/c24-19(22-11-16-5-6-16)13-25-18-4-2-1-3-17(18)12-23-10-8-20(15-23)7-9-21-14-20/h1-4,16,21H,5-15H2,(H,22,24). The van der Waals surface area contributed by atoms with Gasteiger partial charge in [-0.2, -0.15) is 0 Å². The molecule has 136 valence electrons. The Kier molecular flexibility index (Phi) is 4.95. The van der Waals surface area contributed by atoms with Crippen molar-refractivity contribution >= 4 is 5.91 Å². The van der Waals surface area contributed by atoms with Gasteiger partial charge in [0.2, 0.25) is 0 Å². The highest BCUT2D eigenvalue weighted by Crippen LogP contribution is 2.37. The maximum atomic E-state index is 11.9. The van der Waals surface area contributed by atoms with Gasteiger partial charge in [-0.25, -0.2) is 0 Å². The molecule has 5 heteroatoms. The molecule has 2 N–H and O–H groups in total. The number of rotatable bonds is 7. The van der Waals surface area contributed by atoms with Crippen LogP contribution in [0.3, 0.4) is 0 Å². The summed E-state index contributed by atoms with van der Waals surface area (Å²) in [6.07, 6.45) is 5.07. The first-order valence-corrected chi connectivity index (χ1v) is 9.63. The van der Waals surface area contributed by atoms with Gasteiger partial charge in [0, 0.05) is 31.7 Å². The number of carbonyl (C=O) groups is 1. The highest BCUT2D eigenvalue weighted by atomic mass is 16.5. The number of para-hydroxylation sites is 1. The Hall–Kier alpha value is -1.59. The minimum Gasteiger partial charge on any atom is -0.483 e. The minimum absolute atomic E-state index is 0.0149. The predicted molar refractivity (Wildman–Crippen MR) is 97.5 cm³/mol. The number of amides is 1. The molecular weight excluding hydrogens is 314 g/mol. The van der Waals surface area contributed by atoms with E-state index in [1.54, 1.807) is 0 Å². The summed E-state index contributed by atoms with van der Waals surface area (Å²) in [4.78, 5) is 14.5. The van der Waals surface area contributed by atoms with Crippen molar-refractivity contribution < 1.29 is 9.53 Å². The topological polar surface area (TPSA) is 53.6 Å². The Morgan fingerprint density at radius 1 is 1.32 bits per heavy atom. The third-order valence-corrected chi connectivity index (χ3v) is 5.86. The lowest BCUT2D eigenvalue weighted by Crippen LogP contribution is -2.31. The number of likely N-dealkylation sites (tertiary alicyclic amines) is 1. The smallest absolute Gasteiger partial charge is 0.257 e. The summed E-state index contributed by atoms with van der Waals surface area (Å²) in [6.45, 7) is 6.44. The molecule has 0 bridgehead atoms. The zero-order valence-electron chi connectivity index (χ0n) is 14.9. The molecule has 4 rings (SSSR count). The van der Waals surface area contributed by atoms with Crippen molar-refractivity contribution in [1.29, 1.82) is 0 Å². The fourth-order valence-corrected chi connectivity index (χ4v) is 4.10. The Bertz CT molecular complexity index is 609. The molecule has 1 amide bonds. The fourth-order valence-electron chi connectivity index (χ4n) is 4.10. The summed E-state index contributed by atoms with van der Waals surface area (Å²) < 4.78 is 5.83. The summed E-state index contributed by atoms with van der Waals surface area (Å²) in [5.74, 6) is 1.53. The number of ether oxygens (including phenoxy) is 1. The normalized spacial score (nSPS) is 26.2. The van der Waals surface area contributed by atoms with E-state index in [0.717, 1.165) is 45.0 Å². The van der Waals surface area contributed by atoms with E-state index in [9.17, 15) is 4.79 Å². The van der Waals surface area contributed by atoms with Crippen molar-refractivity contribution in [2.75, 3.05) is 39.3 Å². The number of nitrogens with one attached hydrogen (secondary N) is 2. The Morgan fingerprint density at radius 2 is 2.20 bits per heavy atom. The van der Waals surface area contributed by atoms with Crippen molar-refractivity contribution in [3.05, 3.63) is 29.8 Å². The van der Waals surface area contributed by atoms with Crippen LogP contribution in [0.25, 0.3) is 0 Å². The fraction of sp³-hybridized carbons (Fsp3) is 0.650. The van der Waals surface area contributed by atoms with Crippen molar-refractivity contribution in [2.45, 2.75) is 32.2 Å². The Labute approximate surface area is 150 Å². The van der Waals surface area contributed by atoms with E-state index in [1.807, 2.05) is 12.1 Å². The molecule has 3 aliphatic rings. The average Bonchev–Trinajstić information content (AvgIpc) is 3.22. The Morgan fingerprint density at radius 3 is 3.00 bits per heavy atom. The molecular formula is C20H29N3O2. The molecule has 1 atom stereocenters. The molecule has 1 aliphatic carbocycles. The minimum atomic E-state index is -0.0149. The van der Waals surface area contributed by atoms with Crippen molar-refractivity contribution in [2.24, 2.45) is 11.3 Å². The van der Waals surface area contributed by atoms with Gasteiger partial charge in [-0.05, 0) is 56.2 Å². The van der Waals surface area contributed by atoms with E-state index in [4.69, 9.17) is 4.74 Å². The molecule has 0 radical (unpaired) electrons. The van der Waals surface area contributed by atoms with E-state index in [1.165, 1.54) is 31.2 Å². The van der Waals surface area contributed by atoms with Crippen molar-refractivity contribution in [3.63, 3.8) is 0 Å². The van der Waals surface area contributed by atoms with Gasteiger partial charge in [0.15, 0.2) is 6.61 Å². The number of hydrogen-bond acceptors (Lipinski definition) is 4. The number of hydrogen-bond donors (Lipinski definition) is 2. The van der Waals surface area contributed by atoms with E-state index >= 15 is 0 Å². The summed E-state index contributed by atoms with van der Waals surface area (Å²) >= 11 is 0. The van der Waals surface area contributed by atoms with Crippen LogP contribution in [-0.4, -0.2) is 50.1 Å². The molecule has 25 heavy (non-hydrogen) atoms. The summed E-state index contributed by atoms with van der Waals surface area (Å²) in [7, 11) is 0. The second-order valence-corrected chi connectivity index (χ2v) is 8.03. The second-order valence-electron chi connectivity index (χ2n) is 8.03. The first-order chi connectivity index (χ1) is 12.2. The van der Waals surface area contributed by atoms with E-state index in [0.29, 0.717) is 11.3 Å². The second kappa shape index (κ2) is 7.34. The van der Waals surface area contributed by atoms with Gasteiger partial charge in [-0.1, -0.05) is 18.2 Å². The van der Waals surface area contributed by atoms with Gasteiger partial charge < -0.3 is 15.4 Å². The molecule has 5 nitrogen and oxygen atoms in total. The van der Waals surface area contributed by atoms with Crippen LogP contribution in [0.4, 0.5) is 0 Å². The van der Waals surface area contributed by atoms with E-state index < -0.39 is 0 Å². The first-order valence-electron chi connectivity index (χ1n) is 9.63. The predicted octanol–water partition coefficient (Wildman–Crippen LogP) is 1.78. The van der Waals surface area contributed by atoms with Crippen LogP contribution in [0.15, 0.2) is 24.3 Å². The third-order valence-electron chi connectivity index (χ3n) is 5.86. The molecule has 2 heterocycles. The molecule has 3 fully saturated rings. The average molecular weight is 343 g/mol. The molecule has 1 spiro atoms. The lowest BCUT2D eigenvalue weighted by molar-refractivity contribution is -0.123. The van der Waals surface area contributed by atoms with Crippen LogP contribution >= 0.6 is 0 Å². The molecule has 1 saturated carbocycles. The van der Waals surface area contributed by atoms with Crippen LogP contribution in [0, 0.1) is 11.3 Å². The summed E-state index contributed by atoms with van der Waals surface area (Å²) in [5, 5.41) is 6.47. The highest BCUT2D eigenvalue weighted by Gasteiger charge is 2.40. The Balaban J connectivity index is 1.30. The van der Waals surface area contributed by atoms with Gasteiger partial charge >= 0.3 is 0 Å². The molecule has 1 aromatic carbocycles. The van der Waals surface area contributed by atoms with Crippen LogP contribution in [0.1, 0.15) is 31.2 Å². The lowest BCUT2D eigenvalue weighted by atomic mass is 9.86. The largest absolute Gasteiger partial charge is 0.483 e. The zero-order valence-corrected chi connectivity index (χ0v) is 14.9. The molecule has 2 saturated heterocycles. The monoisotopic (exact) mass is 343 g/mol. The van der Waals surface area contributed by atoms with Gasteiger partial charge in [0.05, 0.1) is 0 Å². The number of carbonyl (C=O) groups excluding carboxylic acids is 1. The van der Waals surface area contributed by atoms with Gasteiger partial charge in [-0.15, -0.1) is 0 Å². The third kappa shape index (κ3) is 4.33. The van der Waals surface area contributed by atoms with Crippen LogP contribution in [0.2, 0.25) is 0 Å². The molecule has 2 aliphatic heterocycles. The summed E-state index contributed by atoms with van der Waals surface area (Å²) in [6, 6.07) is 8.13. The summed E-state index contributed by atoms with van der Waals surface area (Å²) in [5.41, 5.74) is 1.67. The SMILES string of the molecule is O=C(COc1ccccc1CN1CCC2(CCNC2)C1)NCC1CC1. The number of benzene rings is 1. The number of nitrogens with zero attached hydrogens (tertiary/aromatic N) is 1. The quantitative estimate of drug-likeness (QED) is 0.792. The molecule has 1 aromatic rings. The van der Waals surface area contributed by atoms with E-state index in [2.05, 4.69) is 27.7 Å². The van der Waals surface area contributed by atoms with Gasteiger partial charge in [0.1, 0.15) is 5.75 Å². The maximum absolute atomic E-state index is 11.9. The first kappa shape index (κ1) is 16.9. The highest BCUT2D eigenvalue weighted by molar-refractivity contribution is 5.77. The van der Waals surface area contributed by atoms with Crippen LogP contribution in [-0.2, 0) is 11.3 Å². The van der Waals surface area contributed by atoms with Crippen molar-refractivity contribution in [3.8, 4) is 5.75 Å². The van der Waals surface area contributed by atoms with E-state index in [-0.39, 0.29) is 12.5 Å². The molecule has 1 unspecified atom stereocenters.